The monoisotopic (exact) mass is 432 g/mol. The average Bonchev–Trinajstić information content (AvgIpc) is 2.87. The number of rotatable bonds is 4. The molecule has 4 aromatic rings. The highest BCUT2D eigenvalue weighted by Crippen LogP contribution is 2.56. The first kappa shape index (κ1) is 21.2. The van der Waals surface area contributed by atoms with E-state index in [4.69, 9.17) is 4.74 Å². The Hall–Kier alpha value is -3.65. The number of benzene rings is 4. The van der Waals surface area contributed by atoms with Crippen LogP contribution in [-0.4, -0.2) is 13.1 Å². The number of fused-ring (bicyclic) bond motifs is 2. The molecule has 33 heavy (non-hydrogen) atoms. The summed E-state index contributed by atoms with van der Waals surface area (Å²) < 4.78 is 5.44. The molecule has 0 N–H and O–H groups in total. The first-order valence-corrected chi connectivity index (χ1v) is 11.5. The van der Waals surface area contributed by atoms with Gasteiger partial charge in [0.25, 0.3) is 0 Å². The van der Waals surface area contributed by atoms with Crippen LogP contribution in [0.1, 0.15) is 31.4 Å². The van der Waals surface area contributed by atoms with Crippen LogP contribution in [0.4, 0.5) is 0 Å². The van der Waals surface area contributed by atoms with Gasteiger partial charge in [-0.15, -0.1) is 0 Å². The molecule has 0 spiro atoms. The van der Waals surface area contributed by atoms with Crippen LogP contribution in [0.3, 0.4) is 0 Å². The van der Waals surface area contributed by atoms with Crippen molar-refractivity contribution in [3.05, 3.63) is 120 Å². The fourth-order valence-electron chi connectivity index (χ4n) is 5.74. The lowest BCUT2D eigenvalue weighted by atomic mass is 9.51. The van der Waals surface area contributed by atoms with E-state index in [1.807, 2.05) is 19.1 Å². The molecule has 1 atom stereocenters. The van der Waals surface area contributed by atoms with Crippen molar-refractivity contribution < 1.29 is 9.53 Å². The van der Waals surface area contributed by atoms with Crippen LogP contribution in [0.5, 0.6) is 0 Å². The van der Waals surface area contributed by atoms with Crippen molar-refractivity contribution in [2.24, 2.45) is 5.41 Å². The molecule has 0 saturated carbocycles. The molecular formula is C31H28O2. The van der Waals surface area contributed by atoms with Gasteiger partial charge in [-0.2, -0.15) is 0 Å². The number of allylic oxidation sites excluding steroid dienone is 3. The quantitative estimate of drug-likeness (QED) is 0.315. The Morgan fingerprint density at radius 3 is 1.79 bits per heavy atom. The molecule has 2 nitrogen and oxygen atoms in total. The average molecular weight is 433 g/mol. The third kappa shape index (κ3) is 3.05. The van der Waals surface area contributed by atoms with Crippen molar-refractivity contribution in [2.75, 3.05) is 7.11 Å². The minimum atomic E-state index is -0.910. The topological polar surface area (TPSA) is 26.3 Å². The van der Waals surface area contributed by atoms with Crippen LogP contribution in [0.25, 0.3) is 21.5 Å². The number of methoxy groups -OCH3 is 1. The van der Waals surface area contributed by atoms with Crippen molar-refractivity contribution in [3.8, 4) is 0 Å². The summed E-state index contributed by atoms with van der Waals surface area (Å²) in [6, 6.07) is 29.9. The zero-order valence-electron chi connectivity index (χ0n) is 19.3. The smallest absolute Gasteiger partial charge is 0.316 e. The number of carbonyl (C=O) groups excluding carboxylic acids is 1. The third-order valence-corrected chi connectivity index (χ3v) is 7.34. The highest BCUT2D eigenvalue weighted by molar-refractivity contribution is 5.90. The van der Waals surface area contributed by atoms with E-state index in [1.165, 1.54) is 23.5 Å². The van der Waals surface area contributed by atoms with Gasteiger partial charge in [0.15, 0.2) is 0 Å². The van der Waals surface area contributed by atoms with Gasteiger partial charge >= 0.3 is 5.97 Å². The molecule has 1 unspecified atom stereocenters. The van der Waals surface area contributed by atoms with Gasteiger partial charge in [0.2, 0.25) is 0 Å². The Morgan fingerprint density at radius 2 is 1.30 bits per heavy atom. The lowest BCUT2D eigenvalue weighted by molar-refractivity contribution is -0.151. The standard InChI is InChI=1S/C31H28O2/c1-4-26-14-9-19-30(2,29(32)33-3)31(26,27-17-15-22-10-5-7-12-24(22)20-27)28-18-16-23-11-6-8-13-25(23)21-28/h5-21H,4H2,1-3H3. The van der Waals surface area contributed by atoms with E-state index in [0.717, 1.165) is 28.3 Å². The Morgan fingerprint density at radius 1 is 0.788 bits per heavy atom. The summed E-state index contributed by atoms with van der Waals surface area (Å²) in [5.74, 6) is -0.237. The summed E-state index contributed by atoms with van der Waals surface area (Å²) >= 11 is 0. The van der Waals surface area contributed by atoms with E-state index in [2.05, 4.69) is 97.9 Å². The van der Waals surface area contributed by atoms with Gasteiger partial charge in [0.1, 0.15) is 5.41 Å². The van der Waals surface area contributed by atoms with Gasteiger partial charge in [-0.3, -0.25) is 4.79 Å². The molecule has 1 aliphatic carbocycles. The van der Waals surface area contributed by atoms with Crippen LogP contribution in [0.15, 0.2) is 109 Å². The lowest BCUT2D eigenvalue weighted by Gasteiger charge is -2.49. The Kier molecular flexibility index (Phi) is 5.17. The molecule has 0 aliphatic heterocycles. The summed E-state index contributed by atoms with van der Waals surface area (Å²) in [5, 5.41) is 4.69. The molecule has 4 aromatic carbocycles. The molecule has 2 heteroatoms. The fourth-order valence-corrected chi connectivity index (χ4v) is 5.74. The highest BCUT2D eigenvalue weighted by Gasteiger charge is 2.57. The summed E-state index contributed by atoms with van der Waals surface area (Å²) in [6.07, 6.45) is 7.02. The highest BCUT2D eigenvalue weighted by atomic mass is 16.5. The summed E-state index contributed by atoms with van der Waals surface area (Å²) in [5.41, 5.74) is 1.79. The summed E-state index contributed by atoms with van der Waals surface area (Å²) in [4.78, 5) is 13.5. The zero-order valence-corrected chi connectivity index (χ0v) is 19.3. The fraction of sp³-hybridized carbons (Fsp3) is 0.194. The minimum Gasteiger partial charge on any atom is -0.468 e. The molecule has 0 fully saturated rings. The maximum atomic E-state index is 13.5. The second-order valence-electron chi connectivity index (χ2n) is 8.97. The lowest BCUT2D eigenvalue weighted by Crippen LogP contribution is -2.51. The third-order valence-electron chi connectivity index (χ3n) is 7.34. The van der Waals surface area contributed by atoms with Crippen molar-refractivity contribution in [2.45, 2.75) is 25.7 Å². The second-order valence-corrected chi connectivity index (χ2v) is 8.97. The summed E-state index contributed by atoms with van der Waals surface area (Å²) in [6.45, 7) is 4.18. The molecule has 0 aromatic heterocycles. The summed E-state index contributed by atoms with van der Waals surface area (Å²) in [7, 11) is 1.48. The van der Waals surface area contributed by atoms with Crippen molar-refractivity contribution in [1.82, 2.24) is 0 Å². The van der Waals surface area contributed by atoms with Crippen molar-refractivity contribution in [3.63, 3.8) is 0 Å². The molecule has 0 saturated heterocycles. The normalized spacial score (nSPS) is 19.4. The first-order valence-electron chi connectivity index (χ1n) is 11.5. The van der Waals surface area contributed by atoms with Crippen molar-refractivity contribution >= 4 is 27.5 Å². The molecule has 5 rings (SSSR count). The number of hydrogen-bond donors (Lipinski definition) is 0. The maximum Gasteiger partial charge on any atom is 0.316 e. The Bertz CT molecular complexity index is 1350. The Balaban J connectivity index is 1.92. The largest absolute Gasteiger partial charge is 0.468 e. The van der Waals surface area contributed by atoms with Gasteiger partial charge in [-0.05, 0) is 58.1 Å². The van der Waals surface area contributed by atoms with E-state index in [9.17, 15) is 4.79 Å². The van der Waals surface area contributed by atoms with Gasteiger partial charge < -0.3 is 4.74 Å². The van der Waals surface area contributed by atoms with Crippen LogP contribution in [-0.2, 0) is 14.9 Å². The molecule has 1 aliphatic rings. The maximum absolute atomic E-state index is 13.5. The molecular weight excluding hydrogens is 404 g/mol. The number of carbonyl (C=O) groups is 1. The van der Waals surface area contributed by atoms with Crippen molar-refractivity contribution in [1.29, 1.82) is 0 Å². The predicted octanol–water partition coefficient (Wildman–Crippen LogP) is 7.36. The second kappa shape index (κ2) is 8.04. The molecule has 0 bridgehead atoms. The molecule has 0 heterocycles. The number of esters is 1. The first-order chi connectivity index (χ1) is 16.0. The van der Waals surface area contributed by atoms with Crippen LogP contribution >= 0.6 is 0 Å². The van der Waals surface area contributed by atoms with E-state index < -0.39 is 10.8 Å². The van der Waals surface area contributed by atoms with Gasteiger partial charge in [0.05, 0.1) is 12.5 Å². The van der Waals surface area contributed by atoms with Crippen LogP contribution < -0.4 is 0 Å². The van der Waals surface area contributed by atoms with Gasteiger partial charge in [-0.1, -0.05) is 104 Å². The number of hydrogen-bond acceptors (Lipinski definition) is 2. The number of ether oxygens (including phenoxy) is 1. The van der Waals surface area contributed by atoms with E-state index >= 15 is 0 Å². The van der Waals surface area contributed by atoms with Crippen LogP contribution in [0, 0.1) is 5.41 Å². The molecule has 0 amide bonds. The van der Waals surface area contributed by atoms with E-state index in [-0.39, 0.29) is 5.97 Å². The SMILES string of the molecule is CCC1=CC=CC(C)(C(=O)OC)C1(c1ccc2ccccc2c1)c1ccc2ccccc2c1. The van der Waals surface area contributed by atoms with Gasteiger partial charge in [0, 0.05) is 0 Å². The van der Waals surface area contributed by atoms with E-state index in [1.54, 1.807) is 0 Å². The zero-order chi connectivity index (χ0) is 23.1. The van der Waals surface area contributed by atoms with Gasteiger partial charge in [-0.25, -0.2) is 0 Å². The predicted molar refractivity (Wildman–Crippen MR) is 136 cm³/mol. The Labute approximate surface area is 195 Å². The molecule has 0 radical (unpaired) electrons. The van der Waals surface area contributed by atoms with E-state index in [0.29, 0.717) is 0 Å². The molecule has 164 valence electrons. The van der Waals surface area contributed by atoms with Crippen LogP contribution in [0.2, 0.25) is 0 Å². The minimum absolute atomic E-state index is 0.237.